The Morgan fingerprint density at radius 2 is 1.74 bits per heavy atom. The van der Waals surface area contributed by atoms with Crippen LogP contribution >= 0.6 is 0 Å². The molecule has 6 nitrogen and oxygen atoms in total. The average Bonchev–Trinajstić information content (AvgIpc) is 2.86. The smallest absolute Gasteiger partial charge is 0.283 e. The molecule has 1 aliphatic heterocycles. The monoisotopic (exact) mass is 386 g/mol. The van der Waals surface area contributed by atoms with E-state index in [4.69, 9.17) is 5.11 Å². The molecule has 1 unspecified atom stereocenters. The molecule has 1 heterocycles. The van der Waals surface area contributed by atoms with Crippen molar-refractivity contribution in [3.63, 3.8) is 0 Å². The zero-order chi connectivity index (χ0) is 19.4. The van der Waals surface area contributed by atoms with Gasteiger partial charge < -0.3 is 5.11 Å². The Labute approximate surface area is 159 Å². The molecule has 0 bridgehead atoms. The number of hydrogen-bond donors (Lipinski definition) is 1. The Morgan fingerprint density at radius 3 is 2.33 bits per heavy atom. The van der Waals surface area contributed by atoms with Gasteiger partial charge in [0.25, 0.3) is 15.9 Å². The highest BCUT2D eigenvalue weighted by molar-refractivity contribution is 7.91. The molecule has 142 valence electrons. The third-order valence-corrected chi connectivity index (χ3v) is 6.54. The molecule has 1 N–H and O–H groups in total. The first-order valence-corrected chi connectivity index (χ1v) is 10.4. The third-order valence-electron chi connectivity index (χ3n) is 4.48. The van der Waals surface area contributed by atoms with E-state index in [-0.39, 0.29) is 18.9 Å². The molecule has 1 fully saturated rings. The van der Waals surface area contributed by atoms with Crippen LogP contribution in [-0.2, 0) is 21.4 Å². The minimum Gasteiger partial charge on any atom is -0.392 e. The van der Waals surface area contributed by atoms with Gasteiger partial charge in [0.05, 0.1) is 12.3 Å². The molecule has 0 aromatic heterocycles. The van der Waals surface area contributed by atoms with Crippen LogP contribution in [0.15, 0.2) is 59.6 Å². The van der Waals surface area contributed by atoms with Crippen LogP contribution in [0.2, 0.25) is 0 Å². The van der Waals surface area contributed by atoms with Gasteiger partial charge >= 0.3 is 0 Å². The number of hydrogen-bond acceptors (Lipinski definition) is 5. The SMILES string of the molecule is CCCCN1C(=O)C(=Nc2ccc(CO)cc2)C(c2ccccc2)S1(=O)=O. The van der Waals surface area contributed by atoms with Gasteiger partial charge in [0.1, 0.15) is 5.71 Å². The van der Waals surface area contributed by atoms with Crippen molar-refractivity contribution in [3.05, 3.63) is 65.7 Å². The number of aliphatic imine (C=N–C) groups is 1. The lowest BCUT2D eigenvalue weighted by molar-refractivity contribution is -0.119. The number of unbranched alkanes of at least 4 members (excludes halogenated alkanes) is 1. The van der Waals surface area contributed by atoms with Crippen LogP contribution < -0.4 is 0 Å². The molecule has 1 amide bonds. The number of amides is 1. The van der Waals surface area contributed by atoms with E-state index in [0.717, 1.165) is 10.7 Å². The van der Waals surface area contributed by atoms with Gasteiger partial charge in [-0.3, -0.25) is 4.79 Å². The van der Waals surface area contributed by atoms with Crippen molar-refractivity contribution in [1.82, 2.24) is 4.31 Å². The predicted molar refractivity (Wildman–Crippen MR) is 104 cm³/mol. The summed E-state index contributed by atoms with van der Waals surface area (Å²) in [5.74, 6) is -0.566. The molecule has 1 saturated heterocycles. The normalized spacial score (nSPS) is 20.4. The number of aliphatic hydroxyl groups excluding tert-OH is 1. The van der Waals surface area contributed by atoms with Gasteiger partial charge in [-0.1, -0.05) is 55.8 Å². The van der Waals surface area contributed by atoms with E-state index < -0.39 is 21.2 Å². The molecular weight excluding hydrogens is 364 g/mol. The minimum atomic E-state index is -3.87. The largest absolute Gasteiger partial charge is 0.392 e. The summed E-state index contributed by atoms with van der Waals surface area (Å²) >= 11 is 0. The van der Waals surface area contributed by atoms with Gasteiger partial charge in [-0.2, -0.15) is 0 Å². The van der Waals surface area contributed by atoms with Crippen molar-refractivity contribution in [2.45, 2.75) is 31.6 Å². The Hall–Kier alpha value is -2.51. The molecule has 27 heavy (non-hydrogen) atoms. The van der Waals surface area contributed by atoms with E-state index >= 15 is 0 Å². The summed E-state index contributed by atoms with van der Waals surface area (Å²) < 4.78 is 27.2. The second-order valence-corrected chi connectivity index (χ2v) is 8.33. The highest BCUT2D eigenvalue weighted by Gasteiger charge is 2.50. The fourth-order valence-corrected chi connectivity index (χ4v) is 4.93. The Balaban J connectivity index is 2.09. The first kappa shape index (κ1) is 19.3. The lowest BCUT2D eigenvalue weighted by Gasteiger charge is -2.15. The lowest BCUT2D eigenvalue weighted by atomic mass is 10.1. The highest BCUT2D eigenvalue weighted by atomic mass is 32.2. The molecule has 7 heteroatoms. The van der Waals surface area contributed by atoms with Gasteiger partial charge in [-0.05, 0) is 29.7 Å². The van der Waals surface area contributed by atoms with Crippen LogP contribution in [0.4, 0.5) is 5.69 Å². The molecule has 2 aromatic rings. The molecule has 2 aromatic carbocycles. The third kappa shape index (κ3) is 3.79. The number of benzene rings is 2. The van der Waals surface area contributed by atoms with Crippen molar-refractivity contribution < 1.29 is 18.3 Å². The van der Waals surface area contributed by atoms with Crippen LogP contribution in [0.3, 0.4) is 0 Å². The Morgan fingerprint density at radius 1 is 1.07 bits per heavy atom. The summed E-state index contributed by atoms with van der Waals surface area (Å²) in [5, 5.41) is 8.04. The lowest BCUT2D eigenvalue weighted by Crippen LogP contribution is -2.31. The van der Waals surface area contributed by atoms with Gasteiger partial charge in [-0.15, -0.1) is 0 Å². The van der Waals surface area contributed by atoms with E-state index in [0.29, 0.717) is 23.2 Å². The van der Waals surface area contributed by atoms with Gasteiger partial charge in [-0.25, -0.2) is 17.7 Å². The number of nitrogens with zero attached hydrogens (tertiary/aromatic N) is 2. The molecule has 0 aliphatic carbocycles. The number of sulfonamides is 1. The summed E-state index contributed by atoms with van der Waals surface area (Å²) in [7, 11) is -3.87. The summed E-state index contributed by atoms with van der Waals surface area (Å²) in [6, 6.07) is 15.4. The van der Waals surface area contributed by atoms with E-state index in [1.54, 1.807) is 54.6 Å². The first-order valence-electron chi connectivity index (χ1n) is 8.88. The number of carbonyl (C=O) groups excluding carboxylic acids is 1. The van der Waals surface area contributed by atoms with E-state index in [1.165, 1.54) is 0 Å². The maximum Gasteiger partial charge on any atom is 0.283 e. The van der Waals surface area contributed by atoms with Crippen molar-refractivity contribution in [1.29, 1.82) is 0 Å². The van der Waals surface area contributed by atoms with Gasteiger partial charge in [0.15, 0.2) is 5.25 Å². The molecule has 1 atom stereocenters. The summed E-state index contributed by atoms with van der Waals surface area (Å²) in [6.45, 7) is 2.00. The summed E-state index contributed by atoms with van der Waals surface area (Å²) in [4.78, 5) is 17.3. The van der Waals surface area contributed by atoms with Crippen LogP contribution in [0, 0.1) is 0 Å². The second-order valence-electron chi connectivity index (χ2n) is 6.39. The molecule has 0 saturated carbocycles. The van der Waals surface area contributed by atoms with Crippen molar-refractivity contribution >= 4 is 27.3 Å². The molecule has 0 radical (unpaired) electrons. The fraction of sp³-hybridized carbons (Fsp3) is 0.300. The second kappa shape index (κ2) is 8.02. The molecule has 1 aliphatic rings. The van der Waals surface area contributed by atoms with E-state index in [9.17, 15) is 13.2 Å². The topological polar surface area (TPSA) is 87.0 Å². The molecular formula is C20H22N2O4S. The zero-order valence-electron chi connectivity index (χ0n) is 15.1. The van der Waals surface area contributed by atoms with Crippen LogP contribution in [0.25, 0.3) is 0 Å². The summed E-state index contributed by atoms with van der Waals surface area (Å²) in [6.07, 6.45) is 1.38. The Kier molecular flexibility index (Phi) is 5.72. The highest BCUT2D eigenvalue weighted by Crippen LogP contribution is 2.36. The standard InChI is InChI=1S/C20H22N2O4S/c1-2-3-13-22-20(24)18(21-17-11-9-15(14-23)10-12-17)19(27(22,25)26)16-7-5-4-6-8-16/h4-12,19,23H,2-3,13-14H2,1H3. The summed E-state index contributed by atoms with van der Waals surface area (Å²) in [5.41, 5.74) is 1.72. The first-order chi connectivity index (χ1) is 13.0. The van der Waals surface area contributed by atoms with Crippen molar-refractivity contribution in [2.75, 3.05) is 6.54 Å². The van der Waals surface area contributed by atoms with Crippen LogP contribution in [0.5, 0.6) is 0 Å². The van der Waals surface area contributed by atoms with Crippen LogP contribution in [0.1, 0.15) is 36.1 Å². The number of carbonyl (C=O) groups is 1. The van der Waals surface area contributed by atoms with Crippen molar-refractivity contribution in [2.24, 2.45) is 4.99 Å². The van der Waals surface area contributed by atoms with Crippen molar-refractivity contribution in [3.8, 4) is 0 Å². The fourth-order valence-electron chi connectivity index (χ4n) is 3.03. The quantitative estimate of drug-likeness (QED) is 0.827. The number of aliphatic hydroxyl groups is 1. The maximum absolute atomic E-state index is 13.1. The van der Waals surface area contributed by atoms with Gasteiger partial charge in [0, 0.05) is 6.54 Å². The minimum absolute atomic E-state index is 0.00838. The zero-order valence-corrected chi connectivity index (χ0v) is 15.9. The molecule has 3 rings (SSSR count). The van der Waals surface area contributed by atoms with Crippen LogP contribution in [-0.4, -0.2) is 36.0 Å². The molecule has 0 spiro atoms. The number of rotatable bonds is 6. The average molecular weight is 386 g/mol. The van der Waals surface area contributed by atoms with Gasteiger partial charge in [0.2, 0.25) is 0 Å². The van der Waals surface area contributed by atoms with E-state index in [1.807, 2.05) is 6.92 Å². The predicted octanol–water partition coefficient (Wildman–Crippen LogP) is 2.96. The Bertz CT molecular complexity index is 938. The maximum atomic E-state index is 13.1. The van der Waals surface area contributed by atoms with E-state index in [2.05, 4.69) is 4.99 Å².